The summed E-state index contributed by atoms with van der Waals surface area (Å²) in [5, 5.41) is 11.0. The van der Waals surface area contributed by atoms with E-state index < -0.39 is 4.92 Å². The summed E-state index contributed by atoms with van der Waals surface area (Å²) in [5.74, 6) is 0.312. The Labute approximate surface area is 184 Å². The van der Waals surface area contributed by atoms with Crippen molar-refractivity contribution in [1.29, 1.82) is 0 Å². The van der Waals surface area contributed by atoms with Gasteiger partial charge in [-0.15, -0.1) is 0 Å². The summed E-state index contributed by atoms with van der Waals surface area (Å²) in [6.07, 6.45) is 3.01. The predicted molar refractivity (Wildman–Crippen MR) is 119 cm³/mol. The number of carbonyl (C=O) groups is 1. The van der Waals surface area contributed by atoms with Gasteiger partial charge in [-0.25, -0.2) is 9.78 Å². The largest absolute Gasteiger partial charge is 0.489 e. The first-order chi connectivity index (χ1) is 15.4. The molecule has 0 spiro atoms. The van der Waals surface area contributed by atoms with Crippen molar-refractivity contribution in [2.45, 2.75) is 26.6 Å². The zero-order chi connectivity index (χ0) is 22.7. The highest BCUT2D eigenvalue weighted by atomic mass is 16.6. The van der Waals surface area contributed by atoms with Gasteiger partial charge in [0, 0.05) is 17.8 Å². The summed E-state index contributed by atoms with van der Waals surface area (Å²) in [6, 6.07) is 17.6. The van der Waals surface area contributed by atoms with Crippen LogP contribution in [0, 0.1) is 10.1 Å². The second-order valence-electron chi connectivity index (χ2n) is 7.50. The number of esters is 1. The lowest BCUT2D eigenvalue weighted by molar-refractivity contribution is -0.385. The molecular formula is C24H21N3O5. The van der Waals surface area contributed by atoms with E-state index in [4.69, 9.17) is 9.47 Å². The molecule has 2 aromatic carbocycles. The smallest absolute Gasteiger partial charge is 0.338 e. The third kappa shape index (κ3) is 4.75. The molecule has 4 rings (SSSR count). The van der Waals surface area contributed by atoms with E-state index >= 15 is 0 Å². The standard InChI is InChI=1S/C24H21N3O5/c1-16(2)32-24(28)19-5-3-4-17(12-19)15-31-21-9-6-18(7-10-21)22-14-26-13-20(27(29)30)8-11-23(26)25-22/h3-14,16H,15H2,1-2H3. The van der Waals surface area contributed by atoms with Crippen molar-refractivity contribution in [2.75, 3.05) is 0 Å². The monoisotopic (exact) mass is 431 g/mol. The molecule has 8 heteroatoms. The Morgan fingerprint density at radius 3 is 2.59 bits per heavy atom. The molecule has 0 aliphatic carbocycles. The SMILES string of the molecule is CC(C)OC(=O)c1cccc(COc2ccc(-c3cn4cc([N+](=O)[O-])ccc4n3)cc2)c1. The van der Waals surface area contributed by atoms with Crippen LogP contribution in [0.25, 0.3) is 16.9 Å². The van der Waals surface area contributed by atoms with Crippen LogP contribution in [0.3, 0.4) is 0 Å². The number of benzene rings is 2. The topological polar surface area (TPSA) is 96.0 Å². The van der Waals surface area contributed by atoms with Gasteiger partial charge in [-0.3, -0.25) is 14.5 Å². The van der Waals surface area contributed by atoms with Crippen LogP contribution in [0.2, 0.25) is 0 Å². The zero-order valence-corrected chi connectivity index (χ0v) is 17.6. The van der Waals surface area contributed by atoms with E-state index in [-0.39, 0.29) is 17.8 Å². The van der Waals surface area contributed by atoms with Gasteiger partial charge in [0.2, 0.25) is 0 Å². The lowest BCUT2D eigenvalue weighted by Crippen LogP contribution is -2.12. The lowest BCUT2D eigenvalue weighted by atomic mass is 10.1. The highest BCUT2D eigenvalue weighted by molar-refractivity contribution is 5.89. The van der Waals surface area contributed by atoms with Crippen molar-refractivity contribution in [1.82, 2.24) is 9.38 Å². The fourth-order valence-corrected chi connectivity index (χ4v) is 3.19. The number of hydrogen-bond donors (Lipinski definition) is 0. The second-order valence-corrected chi connectivity index (χ2v) is 7.50. The van der Waals surface area contributed by atoms with E-state index in [1.54, 1.807) is 34.9 Å². The molecule has 4 aromatic rings. The number of nitrogens with zero attached hydrogens (tertiary/aromatic N) is 3. The van der Waals surface area contributed by atoms with Crippen LogP contribution in [-0.4, -0.2) is 26.4 Å². The van der Waals surface area contributed by atoms with Crippen molar-refractivity contribution in [3.63, 3.8) is 0 Å². The Bertz CT molecular complexity index is 1280. The highest BCUT2D eigenvalue weighted by Crippen LogP contribution is 2.24. The number of nitro groups is 1. The fourth-order valence-electron chi connectivity index (χ4n) is 3.19. The molecule has 8 nitrogen and oxygen atoms in total. The normalized spacial score (nSPS) is 11.0. The van der Waals surface area contributed by atoms with Gasteiger partial charge in [0.05, 0.1) is 28.5 Å². The Balaban J connectivity index is 1.44. The van der Waals surface area contributed by atoms with Crippen LogP contribution in [-0.2, 0) is 11.3 Å². The van der Waals surface area contributed by atoms with Crippen molar-refractivity contribution in [2.24, 2.45) is 0 Å². The Kier molecular flexibility index (Phi) is 5.85. The molecule has 0 unspecified atom stereocenters. The number of carbonyl (C=O) groups excluding carboxylic acids is 1. The summed E-state index contributed by atoms with van der Waals surface area (Å²) < 4.78 is 12.7. The number of fused-ring (bicyclic) bond motifs is 1. The van der Waals surface area contributed by atoms with Gasteiger partial charge in [0.25, 0.3) is 5.69 Å². The summed E-state index contributed by atoms with van der Waals surface area (Å²) in [4.78, 5) is 27.1. The maximum atomic E-state index is 12.1. The van der Waals surface area contributed by atoms with Crippen LogP contribution in [0.4, 0.5) is 5.69 Å². The van der Waals surface area contributed by atoms with Gasteiger partial charge in [-0.1, -0.05) is 12.1 Å². The van der Waals surface area contributed by atoms with Crippen molar-refractivity contribution in [3.8, 4) is 17.0 Å². The zero-order valence-electron chi connectivity index (χ0n) is 17.6. The Hall–Kier alpha value is -4.20. The molecule has 0 N–H and O–H groups in total. The van der Waals surface area contributed by atoms with Crippen molar-refractivity contribution >= 4 is 17.3 Å². The minimum atomic E-state index is -0.436. The Morgan fingerprint density at radius 1 is 1.09 bits per heavy atom. The summed E-state index contributed by atoms with van der Waals surface area (Å²) >= 11 is 0. The van der Waals surface area contributed by atoms with E-state index in [2.05, 4.69) is 4.98 Å². The molecular weight excluding hydrogens is 410 g/mol. The summed E-state index contributed by atoms with van der Waals surface area (Å²) in [6.45, 7) is 3.93. The lowest BCUT2D eigenvalue weighted by Gasteiger charge is -2.10. The number of aromatic nitrogens is 2. The minimum Gasteiger partial charge on any atom is -0.489 e. The van der Waals surface area contributed by atoms with Gasteiger partial charge >= 0.3 is 5.97 Å². The van der Waals surface area contributed by atoms with Gasteiger partial charge in [-0.05, 0) is 61.9 Å². The first kappa shape index (κ1) is 21.0. The van der Waals surface area contributed by atoms with Gasteiger partial charge < -0.3 is 9.47 Å². The fraction of sp³-hybridized carbons (Fsp3) is 0.167. The van der Waals surface area contributed by atoms with Crippen LogP contribution >= 0.6 is 0 Å². The number of rotatable bonds is 7. The number of hydrogen-bond acceptors (Lipinski definition) is 6. The molecule has 0 aliphatic heterocycles. The molecule has 32 heavy (non-hydrogen) atoms. The molecule has 0 aliphatic rings. The van der Waals surface area contributed by atoms with E-state index in [9.17, 15) is 14.9 Å². The van der Waals surface area contributed by atoms with Gasteiger partial charge in [-0.2, -0.15) is 0 Å². The first-order valence-corrected chi connectivity index (χ1v) is 10.1. The minimum absolute atomic E-state index is 0.00624. The molecule has 0 atom stereocenters. The maximum Gasteiger partial charge on any atom is 0.338 e. The number of pyridine rings is 1. The molecule has 2 aromatic heterocycles. The molecule has 0 amide bonds. The Morgan fingerprint density at radius 2 is 1.88 bits per heavy atom. The number of ether oxygens (including phenoxy) is 2. The molecule has 0 bridgehead atoms. The second kappa shape index (κ2) is 8.89. The van der Waals surface area contributed by atoms with E-state index in [1.165, 1.54) is 12.3 Å². The van der Waals surface area contributed by atoms with Crippen LogP contribution in [0.1, 0.15) is 29.8 Å². The highest BCUT2D eigenvalue weighted by Gasteiger charge is 2.11. The van der Waals surface area contributed by atoms with Crippen molar-refractivity contribution < 1.29 is 19.2 Å². The maximum absolute atomic E-state index is 12.1. The molecule has 2 heterocycles. The van der Waals surface area contributed by atoms with Crippen LogP contribution in [0.15, 0.2) is 73.1 Å². The molecule has 0 saturated heterocycles. The van der Waals surface area contributed by atoms with Gasteiger partial charge in [0.15, 0.2) is 0 Å². The average molecular weight is 431 g/mol. The number of imidazole rings is 1. The first-order valence-electron chi connectivity index (χ1n) is 10.1. The van der Waals surface area contributed by atoms with Gasteiger partial charge in [0.1, 0.15) is 18.0 Å². The quantitative estimate of drug-likeness (QED) is 0.231. The third-order valence-corrected chi connectivity index (χ3v) is 4.71. The molecule has 0 radical (unpaired) electrons. The summed E-state index contributed by atoms with van der Waals surface area (Å²) in [7, 11) is 0. The van der Waals surface area contributed by atoms with E-state index in [0.29, 0.717) is 29.3 Å². The van der Waals surface area contributed by atoms with Crippen LogP contribution < -0.4 is 4.74 Å². The molecule has 0 fully saturated rings. The summed E-state index contributed by atoms with van der Waals surface area (Å²) in [5.41, 5.74) is 3.54. The van der Waals surface area contributed by atoms with Crippen LogP contribution in [0.5, 0.6) is 5.75 Å². The average Bonchev–Trinajstić information content (AvgIpc) is 3.21. The molecule has 0 saturated carbocycles. The van der Waals surface area contributed by atoms with Crippen molar-refractivity contribution in [3.05, 3.63) is 94.3 Å². The van der Waals surface area contributed by atoms with E-state index in [0.717, 1.165) is 11.1 Å². The predicted octanol–water partition coefficient (Wildman–Crippen LogP) is 5.05. The third-order valence-electron chi connectivity index (χ3n) is 4.71. The molecule has 162 valence electrons. The van der Waals surface area contributed by atoms with E-state index in [1.807, 2.05) is 44.2 Å².